The molecule has 0 radical (unpaired) electrons. The van der Waals surface area contributed by atoms with E-state index in [0.29, 0.717) is 5.75 Å². The Labute approximate surface area is 117 Å². The third-order valence-electron chi connectivity index (χ3n) is 3.99. The maximum absolute atomic E-state index is 11.0. The Bertz CT molecular complexity index is 616. The van der Waals surface area contributed by atoms with Gasteiger partial charge in [0.1, 0.15) is 11.9 Å². The predicted molar refractivity (Wildman–Crippen MR) is 72.7 cm³/mol. The molecule has 5 nitrogen and oxygen atoms in total. The molecule has 1 saturated heterocycles. The lowest BCUT2D eigenvalue weighted by Gasteiger charge is -2.26. The van der Waals surface area contributed by atoms with E-state index >= 15 is 0 Å². The molecule has 0 unspecified atom stereocenters. The first-order valence-electron chi connectivity index (χ1n) is 6.58. The summed E-state index contributed by atoms with van der Waals surface area (Å²) in [4.78, 5) is 10.9. The van der Waals surface area contributed by atoms with Gasteiger partial charge in [-0.15, -0.1) is 0 Å². The molecule has 0 amide bonds. The van der Waals surface area contributed by atoms with Gasteiger partial charge in [-0.3, -0.25) is 4.79 Å². The number of aliphatic carboxylic acids is 1. The number of carbonyl (C=O) groups is 1. The number of carboxylic acids is 1. The smallest absolute Gasteiger partial charge is 0.304 e. The molecule has 20 heavy (non-hydrogen) atoms. The molecule has 108 valence electrons. The Kier molecular flexibility index (Phi) is 3.01. The van der Waals surface area contributed by atoms with Crippen LogP contribution < -0.4 is 4.74 Å². The van der Waals surface area contributed by atoms with Crippen molar-refractivity contribution in [2.24, 2.45) is 0 Å². The number of ether oxygens (including phenoxy) is 1. The van der Waals surface area contributed by atoms with Gasteiger partial charge in [0.2, 0.25) is 0 Å². The van der Waals surface area contributed by atoms with E-state index in [9.17, 15) is 13.2 Å². The summed E-state index contributed by atoms with van der Waals surface area (Å²) in [5.74, 6) is 0.0253. The number of benzene rings is 1. The van der Waals surface area contributed by atoms with E-state index in [1.54, 1.807) is 12.1 Å². The molecular formula is C14H16O5S. The Morgan fingerprint density at radius 2 is 1.85 bits per heavy atom. The quantitative estimate of drug-likeness (QED) is 0.887. The standard InChI is InChI=1S/C14H16O5S/c15-13(16)7-14(5-6-14)10-1-3-11(4-2-10)19-12-8-20(17,18)9-12/h1-4,12H,5-9H2,(H,15,16). The predicted octanol–water partition coefficient (Wildman–Crippen LogP) is 1.37. The lowest BCUT2D eigenvalue weighted by molar-refractivity contribution is -0.137. The third-order valence-corrected chi connectivity index (χ3v) is 5.75. The Hall–Kier alpha value is -1.56. The summed E-state index contributed by atoms with van der Waals surface area (Å²) in [6.07, 6.45) is 1.72. The van der Waals surface area contributed by atoms with Crippen LogP contribution in [0.5, 0.6) is 5.75 Å². The van der Waals surface area contributed by atoms with Crippen LogP contribution in [0.2, 0.25) is 0 Å². The van der Waals surface area contributed by atoms with Gasteiger partial charge < -0.3 is 9.84 Å². The first-order chi connectivity index (χ1) is 9.39. The van der Waals surface area contributed by atoms with Gasteiger partial charge in [0.05, 0.1) is 17.9 Å². The summed E-state index contributed by atoms with van der Waals surface area (Å²) < 4.78 is 27.7. The van der Waals surface area contributed by atoms with Crippen LogP contribution in [0.4, 0.5) is 0 Å². The van der Waals surface area contributed by atoms with Crippen molar-refractivity contribution < 1.29 is 23.1 Å². The maximum atomic E-state index is 11.0. The third kappa shape index (κ3) is 2.65. The van der Waals surface area contributed by atoms with Crippen molar-refractivity contribution in [3.8, 4) is 5.75 Å². The van der Waals surface area contributed by atoms with Crippen LogP contribution >= 0.6 is 0 Å². The molecule has 6 heteroatoms. The summed E-state index contributed by atoms with van der Waals surface area (Å²) in [7, 11) is -2.88. The highest BCUT2D eigenvalue weighted by Crippen LogP contribution is 2.51. The summed E-state index contributed by atoms with van der Waals surface area (Å²) in [6, 6.07) is 7.36. The van der Waals surface area contributed by atoms with Crippen molar-refractivity contribution in [2.45, 2.75) is 30.8 Å². The van der Waals surface area contributed by atoms with Crippen molar-refractivity contribution in [1.29, 1.82) is 0 Å². The molecule has 0 bridgehead atoms. The molecule has 1 aliphatic heterocycles. The van der Waals surface area contributed by atoms with Crippen LogP contribution in [0.15, 0.2) is 24.3 Å². The van der Waals surface area contributed by atoms with Crippen LogP contribution in [-0.2, 0) is 20.0 Å². The van der Waals surface area contributed by atoms with Crippen LogP contribution in [-0.4, -0.2) is 37.1 Å². The minimum absolute atomic E-state index is 0.0811. The molecule has 0 spiro atoms. The van der Waals surface area contributed by atoms with E-state index in [2.05, 4.69) is 0 Å². The number of hydrogen-bond acceptors (Lipinski definition) is 4. The molecule has 2 fully saturated rings. The van der Waals surface area contributed by atoms with Crippen LogP contribution in [0.25, 0.3) is 0 Å². The van der Waals surface area contributed by atoms with Gasteiger partial charge in [-0.2, -0.15) is 0 Å². The summed E-state index contributed by atoms with van der Waals surface area (Å²) in [5.41, 5.74) is 0.818. The summed E-state index contributed by atoms with van der Waals surface area (Å²) in [5, 5.41) is 8.93. The van der Waals surface area contributed by atoms with Gasteiger partial charge >= 0.3 is 5.97 Å². The van der Waals surface area contributed by atoms with Crippen molar-refractivity contribution in [1.82, 2.24) is 0 Å². The highest BCUT2D eigenvalue weighted by Gasteiger charge is 2.45. The van der Waals surface area contributed by atoms with E-state index < -0.39 is 15.8 Å². The van der Waals surface area contributed by atoms with E-state index in [4.69, 9.17) is 9.84 Å². The van der Waals surface area contributed by atoms with Gasteiger partial charge in [0.25, 0.3) is 0 Å². The van der Waals surface area contributed by atoms with Gasteiger partial charge in [-0.25, -0.2) is 8.42 Å². The van der Waals surface area contributed by atoms with Gasteiger partial charge in [0.15, 0.2) is 9.84 Å². The van der Waals surface area contributed by atoms with Gasteiger partial charge in [-0.1, -0.05) is 12.1 Å². The average Bonchev–Trinajstić information content (AvgIpc) is 3.07. The molecule has 1 aliphatic carbocycles. The molecule has 0 aromatic heterocycles. The molecule has 2 aliphatic rings. The Balaban J connectivity index is 1.65. The minimum atomic E-state index is -2.88. The fourth-order valence-corrected chi connectivity index (χ4v) is 3.84. The van der Waals surface area contributed by atoms with E-state index in [1.165, 1.54) is 0 Å². The van der Waals surface area contributed by atoms with E-state index in [1.807, 2.05) is 12.1 Å². The van der Waals surface area contributed by atoms with Crippen molar-refractivity contribution in [3.05, 3.63) is 29.8 Å². The first kappa shape index (κ1) is 13.4. The minimum Gasteiger partial charge on any atom is -0.488 e. The summed E-state index contributed by atoms with van der Waals surface area (Å²) >= 11 is 0. The number of sulfone groups is 1. The van der Waals surface area contributed by atoms with E-state index in [0.717, 1.165) is 18.4 Å². The second-order valence-corrected chi connectivity index (χ2v) is 7.85. The van der Waals surface area contributed by atoms with E-state index in [-0.39, 0.29) is 29.4 Å². The molecule has 1 aromatic carbocycles. The fourth-order valence-electron chi connectivity index (χ4n) is 2.67. The maximum Gasteiger partial charge on any atom is 0.304 e. The zero-order valence-electron chi connectivity index (χ0n) is 10.9. The Morgan fingerprint density at radius 1 is 1.25 bits per heavy atom. The largest absolute Gasteiger partial charge is 0.488 e. The van der Waals surface area contributed by atoms with Crippen molar-refractivity contribution in [2.75, 3.05) is 11.5 Å². The number of hydrogen-bond donors (Lipinski definition) is 1. The lowest BCUT2D eigenvalue weighted by atomic mass is 9.92. The van der Waals surface area contributed by atoms with Crippen molar-refractivity contribution >= 4 is 15.8 Å². The van der Waals surface area contributed by atoms with Crippen LogP contribution in [0, 0.1) is 0 Å². The average molecular weight is 296 g/mol. The fraction of sp³-hybridized carbons (Fsp3) is 0.500. The van der Waals surface area contributed by atoms with Crippen LogP contribution in [0.1, 0.15) is 24.8 Å². The van der Waals surface area contributed by atoms with Crippen LogP contribution in [0.3, 0.4) is 0 Å². The van der Waals surface area contributed by atoms with Gasteiger partial charge in [-0.05, 0) is 30.5 Å². The lowest BCUT2D eigenvalue weighted by Crippen LogP contribution is -2.45. The second kappa shape index (κ2) is 4.48. The number of carboxylic acid groups (broad SMARTS) is 1. The van der Waals surface area contributed by atoms with Gasteiger partial charge in [0, 0.05) is 5.41 Å². The molecule has 1 saturated carbocycles. The van der Waals surface area contributed by atoms with Crippen molar-refractivity contribution in [3.63, 3.8) is 0 Å². The molecule has 1 aromatic rings. The SMILES string of the molecule is O=C(O)CC1(c2ccc(OC3CS(=O)(=O)C3)cc2)CC1. The summed E-state index contributed by atoms with van der Waals surface area (Å²) in [6.45, 7) is 0. The zero-order valence-corrected chi connectivity index (χ0v) is 11.7. The zero-order chi connectivity index (χ0) is 14.4. The second-order valence-electron chi connectivity index (χ2n) is 5.69. The first-order valence-corrected chi connectivity index (χ1v) is 8.40. The molecule has 1 N–H and O–H groups in total. The highest BCUT2D eigenvalue weighted by atomic mass is 32.2. The molecule has 0 atom stereocenters. The Morgan fingerprint density at radius 3 is 2.30 bits per heavy atom. The normalized spacial score (nSPS) is 22.8. The monoisotopic (exact) mass is 296 g/mol. The molecular weight excluding hydrogens is 280 g/mol. The number of rotatable bonds is 5. The topological polar surface area (TPSA) is 80.7 Å². The molecule has 1 heterocycles. The highest BCUT2D eigenvalue weighted by molar-refractivity contribution is 7.92. The molecule has 3 rings (SSSR count).